The second kappa shape index (κ2) is 9.53. The molecule has 2 aliphatic heterocycles. The van der Waals surface area contributed by atoms with Gasteiger partial charge in [0, 0.05) is 31.2 Å². The van der Waals surface area contributed by atoms with Crippen LogP contribution in [-0.4, -0.2) is 45.5 Å². The highest BCUT2D eigenvalue weighted by Crippen LogP contribution is 2.33. The molecular formula is C21H21F2NO6. The minimum absolute atomic E-state index is 0.0360. The molecule has 0 N–H and O–H groups in total. The lowest BCUT2D eigenvalue weighted by Crippen LogP contribution is -2.28. The van der Waals surface area contributed by atoms with Gasteiger partial charge in [0.05, 0.1) is 38.7 Å². The van der Waals surface area contributed by atoms with Crippen LogP contribution in [0.3, 0.4) is 0 Å². The normalized spacial score (nSPS) is 17.0. The summed E-state index contributed by atoms with van der Waals surface area (Å²) < 4.78 is 49.7. The van der Waals surface area contributed by atoms with Gasteiger partial charge >= 0.3 is 11.9 Å². The summed E-state index contributed by atoms with van der Waals surface area (Å²) in [5.74, 6) is -4.06. The first kappa shape index (κ1) is 21.5. The number of hydrogen-bond acceptors (Lipinski definition) is 7. The van der Waals surface area contributed by atoms with Gasteiger partial charge in [0.15, 0.2) is 17.4 Å². The fourth-order valence-corrected chi connectivity index (χ4v) is 3.12. The highest BCUT2D eigenvalue weighted by molar-refractivity contribution is 6.05. The zero-order valence-electron chi connectivity index (χ0n) is 16.5. The zero-order chi connectivity index (χ0) is 21.7. The van der Waals surface area contributed by atoms with Crippen molar-refractivity contribution in [3.05, 3.63) is 59.5 Å². The van der Waals surface area contributed by atoms with E-state index in [1.54, 1.807) is 0 Å². The maximum Gasteiger partial charge on any atom is 0.355 e. The average molecular weight is 421 g/mol. The van der Waals surface area contributed by atoms with Crippen molar-refractivity contribution in [2.75, 3.05) is 32.3 Å². The maximum atomic E-state index is 14.8. The van der Waals surface area contributed by atoms with E-state index in [-0.39, 0.29) is 23.1 Å². The summed E-state index contributed by atoms with van der Waals surface area (Å²) in [5, 5.41) is 0. The van der Waals surface area contributed by atoms with Gasteiger partial charge < -0.3 is 23.8 Å². The Kier molecular flexibility index (Phi) is 6.83. The molecule has 9 heteroatoms. The number of halogens is 2. The van der Waals surface area contributed by atoms with Crippen LogP contribution in [0.5, 0.6) is 5.75 Å². The Balaban J connectivity index is 2.02. The van der Waals surface area contributed by atoms with Gasteiger partial charge in [-0.15, -0.1) is 0 Å². The predicted octanol–water partition coefficient (Wildman–Crippen LogP) is 3.01. The lowest BCUT2D eigenvalue weighted by atomic mass is 10.1. The number of ether oxygens (including phenoxy) is 4. The van der Waals surface area contributed by atoms with Gasteiger partial charge in [-0.2, -0.15) is 0 Å². The van der Waals surface area contributed by atoms with Gasteiger partial charge in [-0.25, -0.2) is 18.4 Å². The van der Waals surface area contributed by atoms with Crippen molar-refractivity contribution < 1.29 is 37.3 Å². The Morgan fingerprint density at radius 2 is 1.67 bits per heavy atom. The van der Waals surface area contributed by atoms with E-state index >= 15 is 0 Å². The first-order chi connectivity index (χ1) is 14.5. The molecule has 0 aromatic heterocycles. The number of methoxy groups -OCH3 is 2. The number of rotatable bonds is 5. The van der Waals surface area contributed by atoms with Crippen LogP contribution in [0.15, 0.2) is 47.8 Å². The van der Waals surface area contributed by atoms with Crippen molar-refractivity contribution in [2.45, 2.75) is 18.9 Å². The molecule has 0 bridgehead atoms. The summed E-state index contributed by atoms with van der Waals surface area (Å²) in [5.41, 5.74) is -0.407. The molecule has 7 nitrogen and oxygen atoms in total. The second-order valence-corrected chi connectivity index (χ2v) is 6.48. The van der Waals surface area contributed by atoms with Crippen molar-refractivity contribution in [1.82, 2.24) is 0 Å². The van der Waals surface area contributed by atoms with Gasteiger partial charge in [-0.3, -0.25) is 0 Å². The number of allylic oxidation sites excluding steroid dienone is 2. The lowest BCUT2D eigenvalue weighted by Gasteiger charge is -2.26. The standard InChI is InChI=1S/C21H21F2NO6/c1-27-20(25)15-5-3-4-8-24(18(15)21(26)28-2)13-11-16(22)19(17(23)12-13)30-14-6-9-29-10-7-14/h3-5,8,11-12,14H,6-7,9-10H2,1-2H3. The highest BCUT2D eigenvalue weighted by atomic mass is 19.1. The molecule has 1 fully saturated rings. The number of anilines is 1. The summed E-state index contributed by atoms with van der Waals surface area (Å²) in [6.45, 7) is 0.919. The topological polar surface area (TPSA) is 74.3 Å². The molecule has 0 aliphatic carbocycles. The summed E-state index contributed by atoms with van der Waals surface area (Å²) in [6, 6.07) is 2.04. The first-order valence-corrected chi connectivity index (χ1v) is 9.24. The summed E-state index contributed by atoms with van der Waals surface area (Å²) in [4.78, 5) is 25.7. The van der Waals surface area contributed by atoms with Gasteiger partial charge in [-0.05, 0) is 12.2 Å². The number of carbonyl (C=O) groups excluding carboxylic acids is 2. The number of nitrogens with zero attached hydrogens (tertiary/aromatic N) is 1. The Labute approximate surface area is 172 Å². The molecule has 0 spiro atoms. The minimum Gasteiger partial charge on any atom is -0.484 e. The van der Waals surface area contributed by atoms with E-state index in [4.69, 9.17) is 18.9 Å². The van der Waals surface area contributed by atoms with E-state index in [1.165, 1.54) is 24.4 Å². The molecular weight excluding hydrogens is 400 g/mol. The van der Waals surface area contributed by atoms with Gasteiger partial charge in [-0.1, -0.05) is 6.08 Å². The molecule has 1 saturated heterocycles. The van der Waals surface area contributed by atoms with Crippen LogP contribution >= 0.6 is 0 Å². The van der Waals surface area contributed by atoms with Crippen LogP contribution in [0, 0.1) is 11.6 Å². The Hall–Kier alpha value is -3.20. The van der Waals surface area contributed by atoms with E-state index in [1.807, 2.05) is 0 Å². The Morgan fingerprint density at radius 1 is 1.03 bits per heavy atom. The van der Waals surface area contributed by atoms with Crippen molar-refractivity contribution in [2.24, 2.45) is 0 Å². The molecule has 3 rings (SSSR count). The Morgan fingerprint density at radius 3 is 2.27 bits per heavy atom. The zero-order valence-corrected chi connectivity index (χ0v) is 16.5. The molecule has 160 valence electrons. The van der Waals surface area contributed by atoms with Crippen molar-refractivity contribution in [1.29, 1.82) is 0 Å². The van der Waals surface area contributed by atoms with E-state index in [9.17, 15) is 18.4 Å². The molecule has 0 atom stereocenters. The van der Waals surface area contributed by atoms with Crippen LogP contribution < -0.4 is 9.64 Å². The smallest absolute Gasteiger partial charge is 0.355 e. The van der Waals surface area contributed by atoms with E-state index < -0.39 is 29.3 Å². The Bertz CT molecular complexity index is 895. The molecule has 0 saturated carbocycles. The summed E-state index contributed by atoms with van der Waals surface area (Å²) >= 11 is 0. The summed E-state index contributed by atoms with van der Waals surface area (Å²) in [6.07, 6.45) is 6.42. The third kappa shape index (κ3) is 4.51. The van der Waals surface area contributed by atoms with Crippen LogP contribution in [0.4, 0.5) is 14.5 Å². The highest BCUT2D eigenvalue weighted by Gasteiger charge is 2.29. The van der Waals surface area contributed by atoms with Gasteiger partial charge in [0.25, 0.3) is 0 Å². The molecule has 0 amide bonds. The fourth-order valence-electron chi connectivity index (χ4n) is 3.12. The molecule has 1 aromatic carbocycles. The van der Waals surface area contributed by atoms with Crippen LogP contribution in [0.2, 0.25) is 0 Å². The monoisotopic (exact) mass is 421 g/mol. The molecule has 2 heterocycles. The summed E-state index contributed by atoms with van der Waals surface area (Å²) in [7, 11) is 2.29. The number of carbonyl (C=O) groups is 2. The second-order valence-electron chi connectivity index (χ2n) is 6.48. The molecule has 1 aromatic rings. The van der Waals surface area contributed by atoms with E-state index in [2.05, 4.69) is 0 Å². The van der Waals surface area contributed by atoms with Crippen molar-refractivity contribution >= 4 is 17.6 Å². The SMILES string of the molecule is COC(=O)C1=C(C(=O)OC)N(c2cc(F)c(OC3CCOCC3)c(F)c2)C=CC=C1. The number of benzene rings is 1. The van der Waals surface area contributed by atoms with Crippen LogP contribution in [0.25, 0.3) is 0 Å². The van der Waals surface area contributed by atoms with E-state index in [0.29, 0.717) is 26.1 Å². The van der Waals surface area contributed by atoms with Crippen molar-refractivity contribution in [3.8, 4) is 5.75 Å². The molecule has 30 heavy (non-hydrogen) atoms. The quantitative estimate of drug-likeness (QED) is 0.677. The average Bonchev–Trinajstić information content (AvgIpc) is 2.98. The third-order valence-corrected chi connectivity index (χ3v) is 4.60. The third-order valence-electron chi connectivity index (χ3n) is 4.60. The molecule has 0 unspecified atom stereocenters. The minimum atomic E-state index is -0.939. The first-order valence-electron chi connectivity index (χ1n) is 9.24. The lowest BCUT2D eigenvalue weighted by molar-refractivity contribution is -0.139. The maximum absolute atomic E-state index is 14.8. The van der Waals surface area contributed by atoms with Crippen molar-refractivity contribution in [3.63, 3.8) is 0 Å². The van der Waals surface area contributed by atoms with Crippen LogP contribution in [-0.2, 0) is 23.8 Å². The predicted molar refractivity (Wildman–Crippen MR) is 103 cm³/mol. The van der Waals surface area contributed by atoms with Crippen LogP contribution in [0.1, 0.15) is 12.8 Å². The molecule has 2 aliphatic rings. The fraction of sp³-hybridized carbons (Fsp3) is 0.333. The largest absolute Gasteiger partial charge is 0.484 e. The number of hydrogen-bond donors (Lipinski definition) is 0. The molecule has 0 radical (unpaired) electrons. The van der Waals surface area contributed by atoms with Gasteiger partial charge in [0.2, 0.25) is 0 Å². The van der Waals surface area contributed by atoms with Gasteiger partial charge in [0.1, 0.15) is 11.8 Å². The van der Waals surface area contributed by atoms with E-state index in [0.717, 1.165) is 31.3 Å². The number of esters is 2.